The number of hydrazine groups is 1. The van der Waals surface area contributed by atoms with Gasteiger partial charge in [0.25, 0.3) is 0 Å². The van der Waals surface area contributed by atoms with Crippen molar-refractivity contribution >= 4 is 23.2 Å². The highest BCUT2D eigenvalue weighted by Gasteiger charge is 2.13. The van der Waals surface area contributed by atoms with Crippen molar-refractivity contribution in [3.8, 4) is 0 Å². The molecule has 0 aromatic heterocycles. The standard InChI is InChI=1S/C11H16Cl2N2O/c1-2-16-6-5-11(15-14)9-7-8(12)3-4-10(9)13/h3-4,7,11,15H,2,5-6,14H2,1H3. The number of rotatable bonds is 6. The second-order valence-electron chi connectivity index (χ2n) is 3.37. The van der Waals surface area contributed by atoms with E-state index in [2.05, 4.69) is 5.43 Å². The summed E-state index contributed by atoms with van der Waals surface area (Å²) in [5.41, 5.74) is 3.62. The van der Waals surface area contributed by atoms with E-state index in [9.17, 15) is 0 Å². The molecule has 0 aliphatic rings. The Balaban J connectivity index is 2.73. The molecule has 0 spiro atoms. The van der Waals surface area contributed by atoms with Gasteiger partial charge in [0.2, 0.25) is 0 Å². The van der Waals surface area contributed by atoms with Gasteiger partial charge in [-0.15, -0.1) is 0 Å². The molecule has 0 fully saturated rings. The first-order valence-electron chi connectivity index (χ1n) is 5.17. The minimum absolute atomic E-state index is 0.0438. The number of ether oxygens (including phenoxy) is 1. The van der Waals surface area contributed by atoms with Crippen LogP contribution in [-0.2, 0) is 4.74 Å². The molecule has 1 atom stereocenters. The molecule has 1 unspecified atom stereocenters. The molecule has 1 rings (SSSR count). The van der Waals surface area contributed by atoms with Crippen molar-refractivity contribution in [2.45, 2.75) is 19.4 Å². The van der Waals surface area contributed by atoms with Crippen molar-refractivity contribution in [3.05, 3.63) is 33.8 Å². The van der Waals surface area contributed by atoms with E-state index in [4.69, 9.17) is 33.8 Å². The van der Waals surface area contributed by atoms with Crippen molar-refractivity contribution in [2.75, 3.05) is 13.2 Å². The third-order valence-electron chi connectivity index (χ3n) is 2.29. The van der Waals surface area contributed by atoms with Gasteiger partial charge in [0.1, 0.15) is 0 Å². The maximum Gasteiger partial charge on any atom is 0.0497 e. The Kier molecular flexibility index (Phi) is 6.09. The molecule has 0 saturated carbocycles. The van der Waals surface area contributed by atoms with Gasteiger partial charge in [-0.25, -0.2) is 0 Å². The lowest BCUT2D eigenvalue weighted by molar-refractivity contribution is 0.136. The lowest BCUT2D eigenvalue weighted by Crippen LogP contribution is -2.29. The fourth-order valence-corrected chi connectivity index (χ4v) is 1.89. The summed E-state index contributed by atoms with van der Waals surface area (Å²) in [6.07, 6.45) is 0.754. The quantitative estimate of drug-likeness (QED) is 0.471. The van der Waals surface area contributed by atoms with E-state index in [0.29, 0.717) is 23.3 Å². The van der Waals surface area contributed by atoms with Crippen LogP contribution < -0.4 is 11.3 Å². The predicted octanol–water partition coefficient (Wildman–Crippen LogP) is 2.92. The molecule has 0 bridgehead atoms. The summed E-state index contributed by atoms with van der Waals surface area (Å²) >= 11 is 12.0. The summed E-state index contributed by atoms with van der Waals surface area (Å²) < 4.78 is 5.29. The van der Waals surface area contributed by atoms with E-state index < -0.39 is 0 Å². The van der Waals surface area contributed by atoms with E-state index in [1.165, 1.54) is 0 Å². The maximum atomic E-state index is 6.09. The van der Waals surface area contributed by atoms with Gasteiger partial charge in [0.15, 0.2) is 0 Å². The van der Waals surface area contributed by atoms with Gasteiger partial charge < -0.3 is 4.74 Å². The largest absolute Gasteiger partial charge is 0.382 e. The Morgan fingerprint density at radius 3 is 2.81 bits per heavy atom. The van der Waals surface area contributed by atoms with Gasteiger partial charge in [-0.1, -0.05) is 23.2 Å². The number of nitrogens with one attached hydrogen (secondary N) is 1. The molecule has 0 heterocycles. The van der Waals surface area contributed by atoms with E-state index >= 15 is 0 Å². The molecule has 0 radical (unpaired) electrons. The Bertz CT molecular complexity index is 334. The first-order valence-corrected chi connectivity index (χ1v) is 5.93. The lowest BCUT2D eigenvalue weighted by atomic mass is 10.0. The van der Waals surface area contributed by atoms with Crippen LogP contribution in [0, 0.1) is 0 Å². The van der Waals surface area contributed by atoms with E-state index in [0.717, 1.165) is 12.0 Å². The number of halogens is 2. The molecule has 5 heteroatoms. The van der Waals surface area contributed by atoms with Gasteiger partial charge in [0, 0.05) is 29.3 Å². The third kappa shape index (κ3) is 3.92. The van der Waals surface area contributed by atoms with Gasteiger partial charge in [-0.05, 0) is 37.1 Å². The monoisotopic (exact) mass is 262 g/mol. The fourth-order valence-electron chi connectivity index (χ4n) is 1.46. The average Bonchev–Trinajstić information content (AvgIpc) is 2.28. The minimum atomic E-state index is -0.0438. The molecule has 3 N–H and O–H groups in total. The zero-order chi connectivity index (χ0) is 12.0. The average molecular weight is 263 g/mol. The van der Waals surface area contributed by atoms with Crippen molar-refractivity contribution in [3.63, 3.8) is 0 Å². The van der Waals surface area contributed by atoms with Crippen LogP contribution >= 0.6 is 23.2 Å². The van der Waals surface area contributed by atoms with Gasteiger partial charge >= 0.3 is 0 Å². The van der Waals surface area contributed by atoms with Crippen LogP contribution in [0.1, 0.15) is 24.9 Å². The molecular formula is C11H16Cl2N2O. The molecule has 90 valence electrons. The van der Waals surface area contributed by atoms with Gasteiger partial charge in [0.05, 0.1) is 0 Å². The molecule has 0 amide bonds. The first-order chi connectivity index (χ1) is 7.69. The Morgan fingerprint density at radius 1 is 1.44 bits per heavy atom. The summed E-state index contributed by atoms with van der Waals surface area (Å²) in [5.74, 6) is 5.50. The molecular weight excluding hydrogens is 247 g/mol. The van der Waals surface area contributed by atoms with Gasteiger partial charge in [-0.2, -0.15) is 0 Å². The molecule has 0 aliphatic carbocycles. The Morgan fingerprint density at radius 2 is 2.19 bits per heavy atom. The second-order valence-corrected chi connectivity index (χ2v) is 4.21. The van der Waals surface area contributed by atoms with Crippen LogP contribution in [0.3, 0.4) is 0 Å². The smallest absolute Gasteiger partial charge is 0.0497 e. The van der Waals surface area contributed by atoms with Crippen LogP contribution in [-0.4, -0.2) is 13.2 Å². The molecule has 1 aromatic carbocycles. The predicted molar refractivity (Wildman–Crippen MR) is 67.6 cm³/mol. The Labute approximate surface area is 106 Å². The summed E-state index contributed by atoms with van der Waals surface area (Å²) in [6, 6.07) is 5.30. The second kappa shape index (κ2) is 7.09. The summed E-state index contributed by atoms with van der Waals surface area (Å²) in [5, 5.41) is 1.31. The molecule has 16 heavy (non-hydrogen) atoms. The van der Waals surface area contributed by atoms with E-state index in [-0.39, 0.29) is 6.04 Å². The van der Waals surface area contributed by atoms with Crippen LogP contribution in [0.25, 0.3) is 0 Å². The summed E-state index contributed by atoms with van der Waals surface area (Å²) in [4.78, 5) is 0. The van der Waals surface area contributed by atoms with E-state index in [1.807, 2.05) is 13.0 Å². The number of hydrogen-bond donors (Lipinski definition) is 2. The van der Waals surface area contributed by atoms with Crippen molar-refractivity contribution < 1.29 is 4.74 Å². The van der Waals surface area contributed by atoms with Crippen LogP contribution in [0.2, 0.25) is 10.0 Å². The topological polar surface area (TPSA) is 47.3 Å². The van der Waals surface area contributed by atoms with E-state index in [1.54, 1.807) is 12.1 Å². The SMILES string of the molecule is CCOCCC(NN)c1cc(Cl)ccc1Cl. The highest BCUT2D eigenvalue weighted by atomic mass is 35.5. The summed E-state index contributed by atoms with van der Waals surface area (Å²) in [6.45, 7) is 3.28. The van der Waals surface area contributed by atoms with Crippen molar-refractivity contribution in [2.24, 2.45) is 5.84 Å². The zero-order valence-electron chi connectivity index (χ0n) is 9.17. The maximum absolute atomic E-state index is 6.09. The fraction of sp³-hybridized carbons (Fsp3) is 0.455. The minimum Gasteiger partial charge on any atom is -0.382 e. The van der Waals surface area contributed by atoms with Crippen LogP contribution in [0.15, 0.2) is 18.2 Å². The van der Waals surface area contributed by atoms with Crippen LogP contribution in [0.4, 0.5) is 0 Å². The van der Waals surface area contributed by atoms with Crippen molar-refractivity contribution in [1.29, 1.82) is 0 Å². The van der Waals surface area contributed by atoms with Gasteiger partial charge in [-0.3, -0.25) is 11.3 Å². The number of nitrogens with two attached hydrogens (primary N) is 1. The normalized spacial score (nSPS) is 12.8. The zero-order valence-corrected chi connectivity index (χ0v) is 10.7. The summed E-state index contributed by atoms with van der Waals surface area (Å²) in [7, 11) is 0. The lowest BCUT2D eigenvalue weighted by Gasteiger charge is -2.17. The molecule has 0 aliphatic heterocycles. The highest BCUT2D eigenvalue weighted by Crippen LogP contribution is 2.27. The molecule has 1 aromatic rings. The molecule has 0 saturated heterocycles. The van der Waals surface area contributed by atoms with Crippen molar-refractivity contribution in [1.82, 2.24) is 5.43 Å². The molecule has 3 nitrogen and oxygen atoms in total. The first kappa shape index (κ1) is 13.7. The number of benzene rings is 1. The third-order valence-corrected chi connectivity index (χ3v) is 2.87. The van der Waals surface area contributed by atoms with Crippen LogP contribution in [0.5, 0.6) is 0 Å². The number of hydrogen-bond acceptors (Lipinski definition) is 3. The highest BCUT2D eigenvalue weighted by molar-refractivity contribution is 6.33. The Hall–Kier alpha value is -0.320.